The van der Waals surface area contributed by atoms with Crippen molar-refractivity contribution in [2.75, 3.05) is 0 Å². The summed E-state index contributed by atoms with van der Waals surface area (Å²) in [5, 5.41) is 50.0. The summed E-state index contributed by atoms with van der Waals surface area (Å²) in [5.41, 5.74) is 0. The molecule has 0 heterocycles. The van der Waals surface area contributed by atoms with Crippen molar-refractivity contribution in [1.29, 1.82) is 0 Å². The van der Waals surface area contributed by atoms with E-state index in [1.165, 1.54) is 0 Å². The molecule has 72 valence electrons. The molecule has 12 heteroatoms. The van der Waals surface area contributed by atoms with Crippen LogP contribution in [-0.4, -0.2) is 102 Å². The molecule has 0 rings (SSSR count). The van der Waals surface area contributed by atoms with E-state index >= 15 is 0 Å². The van der Waals surface area contributed by atoms with Crippen LogP contribution in [0.25, 0.3) is 0 Å². The van der Waals surface area contributed by atoms with Crippen molar-refractivity contribution in [2.24, 2.45) is 0 Å². The molecular formula is C3CaMg2O9. The van der Waals surface area contributed by atoms with Gasteiger partial charge in [0.05, 0.1) is 0 Å². The Morgan fingerprint density at radius 1 is 0.533 bits per heavy atom. The van der Waals surface area contributed by atoms with Gasteiger partial charge in [-0.1, -0.05) is 0 Å². The van der Waals surface area contributed by atoms with E-state index in [0.717, 1.165) is 0 Å². The Morgan fingerprint density at radius 3 is 0.533 bits per heavy atom. The second kappa shape index (κ2) is 29.3. The van der Waals surface area contributed by atoms with Crippen molar-refractivity contribution < 1.29 is 45.0 Å². The monoisotopic (exact) mass is 268 g/mol. The van der Waals surface area contributed by atoms with Crippen LogP contribution >= 0.6 is 0 Å². The minimum absolute atomic E-state index is 0. The predicted molar refractivity (Wildman–Crippen MR) is 33.4 cm³/mol. The first-order valence-electron chi connectivity index (χ1n) is 1.84. The van der Waals surface area contributed by atoms with Crippen molar-refractivity contribution in [3.05, 3.63) is 0 Å². The summed E-state index contributed by atoms with van der Waals surface area (Å²) in [7, 11) is 0. The first-order chi connectivity index (χ1) is 5.20. The zero-order valence-corrected chi connectivity index (χ0v) is 12.3. The molecule has 0 N–H and O–H groups in total. The third kappa shape index (κ3) is 6390. The summed E-state index contributed by atoms with van der Waals surface area (Å²) in [5.74, 6) is 0. The van der Waals surface area contributed by atoms with E-state index in [-0.39, 0.29) is 83.8 Å². The molecule has 0 bridgehead atoms. The topological polar surface area (TPSA) is 190 Å². The van der Waals surface area contributed by atoms with Crippen molar-refractivity contribution in [3.63, 3.8) is 0 Å². The number of carbonyl (C=O) groups is 3. The maximum Gasteiger partial charge on any atom is 2.00 e. The molecule has 0 spiro atoms. The Morgan fingerprint density at radius 2 is 0.533 bits per heavy atom. The Kier molecular flexibility index (Phi) is 70.5. The number of carbonyl (C=O) groups excluding carboxylic acids is 3. The zero-order chi connectivity index (χ0) is 10.7. The molecule has 0 atom stereocenters. The molecule has 0 aliphatic rings. The van der Waals surface area contributed by atoms with Crippen molar-refractivity contribution >= 4 is 102 Å². The van der Waals surface area contributed by atoms with Crippen LogP contribution in [-0.2, 0) is 0 Å². The minimum atomic E-state index is -2.33. The molecular weight excluding hydrogens is 269 g/mol. The first kappa shape index (κ1) is 36.1. The van der Waals surface area contributed by atoms with Gasteiger partial charge in [0.2, 0.25) is 0 Å². The van der Waals surface area contributed by atoms with E-state index in [1.807, 2.05) is 0 Å². The molecule has 15 heavy (non-hydrogen) atoms. The second-order valence-corrected chi connectivity index (χ2v) is 0.750. The Labute approximate surface area is 145 Å². The summed E-state index contributed by atoms with van der Waals surface area (Å²) in [6.45, 7) is 0. The normalized spacial score (nSPS) is 4.80. The summed E-state index contributed by atoms with van der Waals surface area (Å²) in [6.07, 6.45) is -7.00. The molecule has 0 aromatic heterocycles. The molecule has 0 unspecified atom stereocenters. The number of carboxylic acid groups (broad SMARTS) is 6. The first-order valence-corrected chi connectivity index (χ1v) is 1.84. The van der Waals surface area contributed by atoms with Crippen LogP contribution in [0.1, 0.15) is 0 Å². The van der Waals surface area contributed by atoms with E-state index < -0.39 is 18.5 Å². The van der Waals surface area contributed by atoms with Crippen LogP contribution < -0.4 is 30.6 Å². The molecule has 0 saturated carbocycles. The average Bonchev–Trinajstić information content (AvgIpc) is 1.54. The second-order valence-electron chi connectivity index (χ2n) is 0.750. The van der Waals surface area contributed by atoms with Gasteiger partial charge < -0.3 is 45.0 Å². The van der Waals surface area contributed by atoms with E-state index in [4.69, 9.17) is 45.0 Å². The van der Waals surface area contributed by atoms with Crippen LogP contribution in [0.15, 0.2) is 0 Å². The Balaban J connectivity index is -0.0000000184. The standard InChI is InChI=1S/3CH2O3.Ca.2Mg/c3*2-1(3)4;;;/h3*(H2,2,3,4);;;/q;;;3*+2/p-6. The number of hydrogen-bond donors (Lipinski definition) is 0. The molecule has 0 amide bonds. The van der Waals surface area contributed by atoms with Crippen LogP contribution in [0.5, 0.6) is 0 Å². The summed E-state index contributed by atoms with van der Waals surface area (Å²) < 4.78 is 0. The molecule has 0 aliphatic heterocycles. The summed E-state index contributed by atoms with van der Waals surface area (Å²) in [6, 6.07) is 0. The fourth-order valence-electron chi connectivity index (χ4n) is 0. The van der Waals surface area contributed by atoms with Crippen molar-refractivity contribution in [1.82, 2.24) is 0 Å². The number of hydrogen-bond acceptors (Lipinski definition) is 9. The Bertz CT molecular complexity index is 121. The zero-order valence-electron chi connectivity index (χ0n) is 7.30. The van der Waals surface area contributed by atoms with Gasteiger partial charge >= 0.3 is 83.8 Å². The van der Waals surface area contributed by atoms with Crippen LogP contribution in [0, 0.1) is 0 Å². The maximum atomic E-state index is 8.33. The SMILES string of the molecule is O=C([O-])[O-].O=C([O-])[O-].O=C([O-])[O-].[Ca+2].[Mg+2].[Mg+2]. The third-order valence-electron chi connectivity index (χ3n) is 0. The van der Waals surface area contributed by atoms with Gasteiger partial charge in [-0.25, -0.2) is 0 Å². The smallest absolute Gasteiger partial charge is 0.652 e. The number of rotatable bonds is 0. The fourth-order valence-corrected chi connectivity index (χ4v) is 0. The van der Waals surface area contributed by atoms with Gasteiger partial charge in [-0.3, -0.25) is 0 Å². The third-order valence-corrected chi connectivity index (χ3v) is 0. The predicted octanol–water partition coefficient (Wildman–Crippen LogP) is -8.48. The summed E-state index contributed by atoms with van der Waals surface area (Å²) >= 11 is 0. The van der Waals surface area contributed by atoms with Gasteiger partial charge in [-0.05, 0) is 18.5 Å². The maximum absolute atomic E-state index is 8.33. The molecule has 9 nitrogen and oxygen atoms in total. The van der Waals surface area contributed by atoms with Gasteiger partial charge in [0.25, 0.3) is 0 Å². The van der Waals surface area contributed by atoms with Gasteiger partial charge in [0.1, 0.15) is 0 Å². The van der Waals surface area contributed by atoms with Crippen LogP contribution in [0.3, 0.4) is 0 Å². The van der Waals surface area contributed by atoms with Gasteiger partial charge in [-0.2, -0.15) is 0 Å². The van der Waals surface area contributed by atoms with Crippen molar-refractivity contribution in [3.8, 4) is 0 Å². The minimum Gasteiger partial charge on any atom is -0.652 e. The van der Waals surface area contributed by atoms with Gasteiger partial charge in [0, 0.05) is 0 Å². The largest absolute Gasteiger partial charge is 2.00 e. The van der Waals surface area contributed by atoms with Crippen LogP contribution in [0.2, 0.25) is 0 Å². The molecule has 0 radical (unpaired) electrons. The van der Waals surface area contributed by atoms with Gasteiger partial charge in [0.15, 0.2) is 0 Å². The molecule has 0 aromatic carbocycles. The van der Waals surface area contributed by atoms with E-state index in [0.29, 0.717) is 0 Å². The fraction of sp³-hybridized carbons (Fsp3) is 0. The molecule has 0 fully saturated rings. The Hall–Kier alpha value is 0.602. The molecule has 0 aliphatic carbocycles. The summed E-state index contributed by atoms with van der Waals surface area (Å²) in [4.78, 5) is 25.0. The van der Waals surface area contributed by atoms with Crippen LogP contribution in [0.4, 0.5) is 14.4 Å². The quantitative estimate of drug-likeness (QED) is 0.384. The van der Waals surface area contributed by atoms with E-state index in [1.54, 1.807) is 0 Å². The molecule has 0 aromatic rings. The van der Waals surface area contributed by atoms with Gasteiger partial charge in [-0.15, -0.1) is 0 Å². The van der Waals surface area contributed by atoms with Crippen molar-refractivity contribution in [2.45, 2.75) is 0 Å². The van der Waals surface area contributed by atoms with E-state index in [2.05, 4.69) is 0 Å². The molecule has 0 saturated heterocycles. The average molecular weight is 269 g/mol. The van der Waals surface area contributed by atoms with E-state index in [9.17, 15) is 0 Å².